The number of nitrogen functional groups attached to an aromatic ring is 1. The first-order valence-corrected chi connectivity index (χ1v) is 7.27. The van der Waals surface area contributed by atoms with E-state index in [0.717, 1.165) is 40.8 Å². The molecule has 0 aliphatic rings. The van der Waals surface area contributed by atoms with Crippen LogP contribution in [0.5, 0.6) is 0 Å². The summed E-state index contributed by atoms with van der Waals surface area (Å²) in [6.45, 7) is 2.20. The minimum Gasteiger partial charge on any atom is -0.399 e. The Morgan fingerprint density at radius 3 is 2.76 bits per heavy atom. The molecule has 0 unspecified atom stereocenters. The van der Waals surface area contributed by atoms with Crippen molar-refractivity contribution in [2.45, 2.75) is 19.8 Å². The molecule has 21 heavy (non-hydrogen) atoms. The third kappa shape index (κ3) is 2.82. The summed E-state index contributed by atoms with van der Waals surface area (Å²) in [5, 5.41) is 4.62. The topological polar surface area (TPSA) is 50.9 Å². The van der Waals surface area contributed by atoms with Crippen molar-refractivity contribution < 1.29 is 0 Å². The summed E-state index contributed by atoms with van der Waals surface area (Å²) >= 11 is 0. The smallest absolute Gasteiger partial charge is 0.0743 e. The molecule has 3 nitrogen and oxygen atoms in total. The maximum absolute atomic E-state index is 5.83. The normalized spacial score (nSPS) is 10.7. The number of hydrogen-bond donors (Lipinski definition) is 2. The lowest BCUT2D eigenvalue weighted by atomic mass is 10.1. The molecule has 0 radical (unpaired) electrons. The van der Waals surface area contributed by atoms with Crippen molar-refractivity contribution in [2.75, 3.05) is 11.1 Å². The number of benzene rings is 2. The molecule has 2 aromatic carbocycles. The Bertz CT molecular complexity index is 765. The van der Waals surface area contributed by atoms with Crippen LogP contribution in [0.3, 0.4) is 0 Å². The third-order valence-electron chi connectivity index (χ3n) is 3.57. The van der Waals surface area contributed by atoms with Gasteiger partial charge in [-0.2, -0.15) is 0 Å². The lowest BCUT2D eigenvalue weighted by molar-refractivity contribution is 0.923. The number of nitrogens with two attached hydrogens (primary N) is 1. The fourth-order valence-electron chi connectivity index (χ4n) is 2.55. The van der Waals surface area contributed by atoms with Crippen LogP contribution in [0.25, 0.3) is 10.9 Å². The van der Waals surface area contributed by atoms with E-state index < -0.39 is 0 Å². The van der Waals surface area contributed by atoms with E-state index in [-0.39, 0.29) is 0 Å². The number of fused-ring (bicyclic) bond motifs is 1. The van der Waals surface area contributed by atoms with Crippen molar-refractivity contribution in [3.05, 3.63) is 60.3 Å². The van der Waals surface area contributed by atoms with Gasteiger partial charge in [-0.15, -0.1) is 0 Å². The van der Waals surface area contributed by atoms with Gasteiger partial charge in [-0.05, 0) is 42.3 Å². The van der Waals surface area contributed by atoms with E-state index in [2.05, 4.69) is 41.5 Å². The third-order valence-corrected chi connectivity index (χ3v) is 3.57. The molecule has 3 heteroatoms. The van der Waals surface area contributed by atoms with Gasteiger partial charge in [0.15, 0.2) is 0 Å². The van der Waals surface area contributed by atoms with E-state index in [9.17, 15) is 0 Å². The summed E-state index contributed by atoms with van der Waals surface area (Å²) in [4.78, 5) is 4.38. The van der Waals surface area contributed by atoms with Crippen molar-refractivity contribution in [1.29, 1.82) is 0 Å². The SMILES string of the molecule is CCCc1ccccc1Nc1ccnc2cc(N)ccc12. The maximum atomic E-state index is 5.83. The second kappa shape index (κ2) is 5.83. The molecule has 1 heterocycles. The molecule has 3 rings (SSSR count). The van der Waals surface area contributed by atoms with Gasteiger partial charge in [-0.1, -0.05) is 31.5 Å². The van der Waals surface area contributed by atoms with Gasteiger partial charge in [0, 0.05) is 28.6 Å². The molecular formula is C18H19N3. The Labute approximate surface area is 124 Å². The average molecular weight is 277 g/mol. The molecular weight excluding hydrogens is 258 g/mol. The number of para-hydroxylation sites is 1. The molecule has 0 bridgehead atoms. The molecule has 1 aromatic heterocycles. The second-order valence-electron chi connectivity index (χ2n) is 5.17. The van der Waals surface area contributed by atoms with Crippen molar-refractivity contribution >= 4 is 28.0 Å². The Kier molecular flexibility index (Phi) is 3.73. The van der Waals surface area contributed by atoms with Crippen molar-refractivity contribution in [2.24, 2.45) is 0 Å². The molecule has 3 N–H and O–H groups in total. The summed E-state index contributed by atoms with van der Waals surface area (Å²) in [7, 11) is 0. The Morgan fingerprint density at radius 1 is 1.05 bits per heavy atom. The van der Waals surface area contributed by atoms with Crippen LogP contribution in [0.1, 0.15) is 18.9 Å². The van der Waals surface area contributed by atoms with E-state index in [1.54, 1.807) is 0 Å². The minimum absolute atomic E-state index is 0.735. The highest BCUT2D eigenvalue weighted by Gasteiger charge is 2.05. The van der Waals surface area contributed by atoms with Crippen molar-refractivity contribution in [3.8, 4) is 0 Å². The number of pyridine rings is 1. The molecule has 0 atom stereocenters. The van der Waals surface area contributed by atoms with Crippen LogP contribution in [0, 0.1) is 0 Å². The number of hydrogen-bond acceptors (Lipinski definition) is 3. The Hall–Kier alpha value is -2.55. The zero-order valence-electron chi connectivity index (χ0n) is 12.1. The van der Waals surface area contributed by atoms with Gasteiger partial charge in [0.1, 0.15) is 0 Å². The Morgan fingerprint density at radius 2 is 1.90 bits per heavy atom. The quantitative estimate of drug-likeness (QED) is 0.690. The van der Waals surface area contributed by atoms with Crippen LogP contribution < -0.4 is 11.1 Å². The number of nitrogens with zero attached hydrogens (tertiary/aromatic N) is 1. The van der Waals surface area contributed by atoms with Gasteiger partial charge in [-0.25, -0.2) is 0 Å². The van der Waals surface area contributed by atoms with Crippen LogP contribution in [0.2, 0.25) is 0 Å². The highest BCUT2D eigenvalue weighted by molar-refractivity contribution is 5.94. The molecule has 0 aliphatic heterocycles. The van der Waals surface area contributed by atoms with Crippen LogP contribution in [-0.2, 0) is 6.42 Å². The molecule has 106 valence electrons. The van der Waals surface area contributed by atoms with Crippen LogP contribution >= 0.6 is 0 Å². The van der Waals surface area contributed by atoms with Crippen LogP contribution in [0.15, 0.2) is 54.7 Å². The van der Waals surface area contributed by atoms with E-state index >= 15 is 0 Å². The van der Waals surface area contributed by atoms with Gasteiger partial charge < -0.3 is 11.1 Å². The Balaban J connectivity index is 2.02. The number of nitrogens with one attached hydrogen (secondary N) is 1. The summed E-state index contributed by atoms with van der Waals surface area (Å²) in [6.07, 6.45) is 4.01. The number of aryl methyl sites for hydroxylation is 1. The van der Waals surface area contributed by atoms with Crippen LogP contribution in [-0.4, -0.2) is 4.98 Å². The second-order valence-corrected chi connectivity index (χ2v) is 5.17. The molecule has 0 saturated heterocycles. The predicted octanol–water partition coefficient (Wildman–Crippen LogP) is 4.51. The number of rotatable bonds is 4. The highest BCUT2D eigenvalue weighted by atomic mass is 14.9. The first-order chi connectivity index (χ1) is 10.3. The van der Waals surface area contributed by atoms with E-state index in [0.29, 0.717) is 0 Å². The molecule has 0 aliphatic carbocycles. The number of anilines is 3. The molecule has 0 amide bonds. The van der Waals surface area contributed by atoms with Gasteiger partial charge >= 0.3 is 0 Å². The summed E-state index contributed by atoms with van der Waals surface area (Å²) < 4.78 is 0. The zero-order valence-corrected chi connectivity index (χ0v) is 12.1. The molecule has 0 fully saturated rings. The van der Waals surface area contributed by atoms with Gasteiger partial charge in [0.05, 0.1) is 5.52 Å². The monoisotopic (exact) mass is 277 g/mol. The van der Waals surface area contributed by atoms with Gasteiger partial charge in [0.2, 0.25) is 0 Å². The van der Waals surface area contributed by atoms with E-state index in [4.69, 9.17) is 5.73 Å². The van der Waals surface area contributed by atoms with Crippen molar-refractivity contribution in [3.63, 3.8) is 0 Å². The fourth-order valence-corrected chi connectivity index (χ4v) is 2.55. The van der Waals surface area contributed by atoms with Crippen molar-refractivity contribution in [1.82, 2.24) is 4.98 Å². The van der Waals surface area contributed by atoms with Crippen LogP contribution in [0.4, 0.5) is 17.1 Å². The highest BCUT2D eigenvalue weighted by Crippen LogP contribution is 2.28. The number of aromatic nitrogens is 1. The average Bonchev–Trinajstić information content (AvgIpc) is 2.49. The summed E-state index contributed by atoms with van der Waals surface area (Å²) in [5.41, 5.74) is 11.0. The summed E-state index contributed by atoms with van der Waals surface area (Å²) in [6, 6.07) is 16.3. The maximum Gasteiger partial charge on any atom is 0.0743 e. The van der Waals surface area contributed by atoms with E-state index in [1.165, 1.54) is 5.56 Å². The fraction of sp³-hybridized carbons (Fsp3) is 0.167. The van der Waals surface area contributed by atoms with E-state index in [1.807, 2.05) is 30.5 Å². The van der Waals surface area contributed by atoms with Gasteiger partial charge in [0.25, 0.3) is 0 Å². The molecule has 0 spiro atoms. The van der Waals surface area contributed by atoms with Gasteiger partial charge in [-0.3, -0.25) is 4.98 Å². The zero-order chi connectivity index (χ0) is 14.7. The lowest BCUT2D eigenvalue weighted by Crippen LogP contribution is -1.97. The first kappa shape index (κ1) is 13.4. The standard InChI is InChI=1S/C18H19N3/c1-2-5-13-6-3-4-7-16(13)21-17-10-11-20-18-12-14(19)8-9-15(17)18/h3-4,6-12H,2,5,19H2,1H3,(H,20,21). The lowest BCUT2D eigenvalue weighted by Gasteiger charge is -2.13. The minimum atomic E-state index is 0.735. The molecule has 0 saturated carbocycles. The predicted molar refractivity (Wildman–Crippen MR) is 89.9 cm³/mol. The summed E-state index contributed by atoms with van der Waals surface area (Å²) in [5.74, 6) is 0. The molecule has 3 aromatic rings. The largest absolute Gasteiger partial charge is 0.399 e. The first-order valence-electron chi connectivity index (χ1n) is 7.27.